The molecule has 220 valence electrons. The minimum absolute atomic E-state index is 0.00939. The van der Waals surface area contributed by atoms with Gasteiger partial charge in [-0.3, -0.25) is 4.79 Å². The van der Waals surface area contributed by atoms with Gasteiger partial charge in [-0.25, -0.2) is 27.0 Å². The predicted molar refractivity (Wildman–Crippen MR) is 163 cm³/mol. The van der Waals surface area contributed by atoms with Crippen LogP contribution in [0.1, 0.15) is 17.1 Å². The Hall–Kier alpha value is -3.33. The van der Waals surface area contributed by atoms with Crippen molar-refractivity contribution in [1.82, 2.24) is 14.5 Å². The van der Waals surface area contributed by atoms with Crippen molar-refractivity contribution >= 4 is 59.7 Å². The number of sulfonamides is 2. The van der Waals surface area contributed by atoms with Gasteiger partial charge in [0.05, 0.1) is 29.1 Å². The Morgan fingerprint density at radius 1 is 0.905 bits per heavy atom. The van der Waals surface area contributed by atoms with Crippen LogP contribution in [-0.2, 0) is 37.8 Å². The van der Waals surface area contributed by atoms with Gasteiger partial charge in [0.2, 0.25) is 20.0 Å². The van der Waals surface area contributed by atoms with Crippen molar-refractivity contribution in [2.24, 2.45) is 5.10 Å². The van der Waals surface area contributed by atoms with Crippen LogP contribution in [0.25, 0.3) is 0 Å². The zero-order valence-corrected chi connectivity index (χ0v) is 26.0. The third kappa shape index (κ3) is 8.84. The molecule has 1 aromatic heterocycles. The summed E-state index contributed by atoms with van der Waals surface area (Å²) in [7, 11) is -7.76. The molecule has 0 radical (unpaired) electrons. The van der Waals surface area contributed by atoms with E-state index in [1.54, 1.807) is 24.3 Å². The summed E-state index contributed by atoms with van der Waals surface area (Å²) < 4.78 is 61.4. The smallest absolute Gasteiger partial charge is 0.255 e. The van der Waals surface area contributed by atoms with E-state index < -0.39 is 32.5 Å². The van der Waals surface area contributed by atoms with Gasteiger partial charge >= 0.3 is 0 Å². The lowest BCUT2D eigenvalue weighted by Crippen LogP contribution is -2.40. The Morgan fingerprint density at radius 3 is 2.26 bits per heavy atom. The van der Waals surface area contributed by atoms with Gasteiger partial charge in [0.15, 0.2) is 0 Å². The van der Waals surface area contributed by atoms with Crippen molar-refractivity contribution in [3.63, 3.8) is 0 Å². The zero-order chi connectivity index (χ0) is 30.2. The van der Waals surface area contributed by atoms with Crippen LogP contribution in [0.5, 0.6) is 0 Å². The Bertz CT molecular complexity index is 1750. The first kappa shape index (κ1) is 31.6. The number of carbonyl (C=O) groups is 1. The molecule has 14 heteroatoms. The third-order valence-electron chi connectivity index (χ3n) is 5.89. The summed E-state index contributed by atoms with van der Waals surface area (Å²) in [6.45, 7) is -0.516. The van der Waals surface area contributed by atoms with E-state index in [2.05, 4.69) is 31.2 Å². The molecule has 0 spiro atoms. The molecular weight excluding hydrogens is 668 g/mol. The first-order valence-corrected chi connectivity index (χ1v) is 16.6. The molecule has 42 heavy (non-hydrogen) atoms. The van der Waals surface area contributed by atoms with E-state index in [1.807, 2.05) is 30.3 Å². The minimum atomic E-state index is -4.01. The second kappa shape index (κ2) is 14.2. The molecule has 0 fully saturated rings. The summed E-state index contributed by atoms with van der Waals surface area (Å²) in [5.41, 5.74) is 3.23. The van der Waals surface area contributed by atoms with Gasteiger partial charge in [-0.1, -0.05) is 57.9 Å². The fourth-order valence-corrected chi connectivity index (χ4v) is 6.50. The lowest BCUT2D eigenvalue weighted by Gasteiger charge is -2.21. The molecule has 3 aromatic carbocycles. The average molecular weight is 694 g/mol. The summed E-state index contributed by atoms with van der Waals surface area (Å²) in [5.74, 6) is -0.0849. The molecule has 2 N–H and O–H groups in total. The van der Waals surface area contributed by atoms with Gasteiger partial charge in [0.25, 0.3) is 5.91 Å². The molecule has 0 aliphatic rings. The minimum Gasteiger partial charge on any atom is -0.459 e. The van der Waals surface area contributed by atoms with E-state index in [0.717, 1.165) is 14.3 Å². The Kier molecular flexibility index (Phi) is 10.7. The van der Waals surface area contributed by atoms with Crippen LogP contribution in [0, 0.1) is 0 Å². The lowest BCUT2D eigenvalue weighted by molar-refractivity contribution is -0.121. The van der Waals surface area contributed by atoms with Gasteiger partial charge in [0, 0.05) is 16.0 Å². The van der Waals surface area contributed by atoms with Gasteiger partial charge in [-0.05, 0) is 72.6 Å². The summed E-state index contributed by atoms with van der Waals surface area (Å²) >= 11 is 9.18. The molecule has 0 saturated heterocycles. The molecule has 0 aliphatic heterocycles. The molecule has 1 heterocycles. The van der Waals surface area contributed by atoms with E-state index in [0.29, 0.717) is 17.2 Å². The highest BCUT2D eigenvalue weighted by Gasteiger charge is 2.26. The van der Waals surface area contributed by atoms with Crippen LogP contribution in [0.3, 0.4) is 0 Å². The van der Waals surface area contributed by atoms with E-state index in [9.17, 15) is 21.6 Å². The van der Waals surface area contributed by atoms with E-state index in [4.69, 9.17) is 16.0 Å². The van der Waals surface area contributed by atoms with Crippen molar-refractivity contribution < 1.29 is 26.0 Å². The number of halogens is 2. The molecule has 0 aliphatic carbocycles. The number of rotatable bonds is 13. The van der Waals surface area contributed by atoms with Gasteiger partial charge in [0.1, 0.15) is 11.5 Å². The van der Waals surface area contributed by atoms with Crippen LogP contribution >= 0.6 is 27.5 Å². The Balaban J connectivity index is 1.36. The van der Waals surface area contributed by atoms with Crippen molar-refractivity contribution in [1.29, 1.82) is 0 Å². The molecule has 10 nitrogen and oxygen atoms in total. The second-order valence-corrected chi connectivity index (χ2v) is 14.0. The number of hydrogen-bond donors (Lipinski definition) is 2. The number of benzene rings is 3. The van der Waals surface area contributed by atoms with Gasteiger partial charge in [-0.15, -0.1) is 0 Å². The number of furan rings is 1. The number of nitrogens with zero attached hydrogens (tertiary/aromatic N) is 2. The summed E-state index contributed by atoms with van der Waals surface area (Å²) in [6, 6.07) is 24.3. The summed E-state index contributed by atoms with van der Waals surface area (Å²) in [5, 5.41) is 4.25. The topological polar surface area (TPSA) is 138 Å². The quantitative estimate of drug-likeness (QED) is 0.156. The van der Waals surface area contributed by atoms with Crippen molar-refractivity contribution in [2.75, 3.05) is 13.1 Å². The summed E-state index contributed by atoms with van der Waals surface area (Å²) in [4.78, 5) is 12.8. The normalized spacial score (nSPS) is 12.2. The standard InChI is InChI=1S/C28H26BrClN4O6S2/c29-22-6-12-26(13-7-22)41(36,37)32-19-25-11-10-24(40-25)18-31-33-28(35)20-34(17-16-21-4-2-1-3-5-21)42(38,39)27-14-8-23(30)9-15-27/h1-15,18,32H,16-17,19-20H2,(H,33,35)/b31-18-. The number of hydrogen-bond acceptors (Lipinski definition) is 7. The van der Waals surface area contributed by atoms with Crippen LogP contribution < -0.4 is 10.1 Å². The highest BCUT2D eigenvalue weighted by Crippen LogP contribution is 2.19. The largest absolute Gasteiger partial charge is 0.459 e. The molecule has 1 amide bonds. The first-order chi connectivity index (χ1) is 20.0. The summed E-state index contributed by atoms with van der Waals surface area (Å²) in [6.07, 6.45) is 1.62. The molecule has 0 saturated carbocycles. The molecule has 0 atom stereocenters. The maximum atomic E-state index is 13.3. The first-order valence-electron chi connectivity index (χ1n) is 12.5. The number of hydrazone groups is 1. The van der Waals surface area contributed by atoms with Crippen LogP contribution in [0.4, 0.5) is 0 Å². The molecule has 0 unspecified atom stereocenters. The van der Waals surface area contributed by atoms with Crippen molar-refractivity contribution in [3.8, 4) is 0 Å². The number of nitrogens with one attached hydrogen (secondary N) is 2. The van der Waals surface area contributed by atoms with Crippen molar-refractivity contribution in [3.05, 3.63) is 118 Å². The van der Waals surface area contributed by atoms with E-state index in [-0.39, 0.29) is 28.6 Å². The Labute approximate surface area is 257 Å². The highest BCUT2D eigenvalue weighted by atomic mass is 79.9. The third-order valence-corrected chi connectivity index (χ3v) is 9.95. The number of carbonyl (C=O) groups excluding carboxylic acids is 1. The predicted octanol–water partition coefficient (Wildman–Crippen LogP) is 4.56. The lowest BCUT2D eigenvalue weighted by atomic mass is 10.1. The monoisotopic (exact) mass is 692 g/mol. The fraction of sp³-hybridized carbons (Fsp3) is 0.143. The van der Waals surface area contributed by atoms with Crippen LogP contribution in [0.2, 0.25) is 5.02 Å². The average Bonchev–Trinajstić information content (AvgIpc) is 3.43. The fourth-order valence-electron chi connectivity index (χ4n) is 3.72. The molecule has 0 bridgehead atoms. The number of amides is 1. The van der Waals surface area contributed by atoms with Gasteiger partial charge in [-0.2, -0.15) is 9.41 Å². The van der Waals surface area contributed by atoms with E-state index >= 15 is 0 Å². The SMILES string of the molecule is O=C(CN(CCc1ccccc1)S(=O)(=O)c1ccc(Cl)cc1)N/N=C\c1ccc(CNS(=O)(=O)c2ccc(Br)cc2)o1. The second-order valence-electron chi connectivity index (χ2n) is 8.90. The van der Waals surface area contributed by atoms with E-state index in [1.165, 1.54) is 42.6 Å². The van der Waals surface area contributed by atoms with Crippen LogP contribution in [0.15, 0.2) is 115 Å². The van der Waals surface area contributed by atoms with Crippen molar-refractivity contribution in [2.45, 2.75) is 22.8 Å². The maximum absolute atomic E-state index is 13.3. The molecule has 4 rings (SSSR count). The Morgan fingerprint density at radius 2 is 1.57 bits per heavy atom. The van der Waals surface area contributed by atoms with Gasteiger partial charge < -0.3 is 4.42 Å². The maximum Gasteiger partial charge on any atom is 0.255 e. The van der Waals surface area contributed by atoms with Crippen LogP contribution in [-0.4, -0.2) is 46.4 Å². The zero-order valence-electron chi connectivity index (χ0n) is 22.0. The highest BCUT2D eigenvalue weighted by molar-refractivity contribution is 9.10. The molecule has 4 aromatic rings. The molecular formula is C28H26BrClN4O6S2.